The van der Waals surface area contributed by atoms with Crippen LogP contribution < -0.4 is 5.32 Å². The maximum atomic E-state index is 11.7. The molecule has 1 atom stereocenters. The molecule has 1 unspecified atom stereocenters. The second kappa shape index (κ2) is 9.21. The van der Waals surface area contributed by atoms with E-state index in [1.807, 2.05) is 0 Å². The maximum Gasteiger partial charge on any atom is 0.308 e. The average molecular weight is 435 g/mol. The molecule has 31 heavy (non-hydrogen) atoms. The van der Waals surface area contributed by atoms with Gasteiger partial charge in [0.1, 0.15) is 5.56 Å². The molecule has 2 N–H and O–H groups in total. The molecule has 0 fully saturated rings. The lowest BCUT2D eigenvalue weighted by Crippen LogP contribution is -2.26. The van der Waals surface area contributed by atoms with Crippen LogP contribution in [0.25, 0.3) is 0 Å². The first-order chi connectivity index (χ1) is 14.5. The van der Waals surface area contributed by atoms with Crippen molar-refractivity contribution in [3.63, 3.8) is 0 Å². The van der Waals surface area contributed by atoms with E-state index in [-0.39, 0.29) is 0 Å². The van der Waals surface area contributed by atoms with Crippen LogP contribution in [0.1, 0.15) is 5.56 Å². The minimum atomic E-state index is -1.54. The average Bonchev–Trinajstić information content (AvgIpc) is 2.69. The van der Waals surface area contributed by atoms with E-state index in [0.29, 0.717) is 0 Å². The van der Waals surface area contributed by atoms with Crippen LogP contribution in [0.5, 0.6) is 0 Å². The first-order valence-corrected chi connectivity index (χ1v) is 8.33. The van der Waals surface area contributed by atoms with Gasteiger partial charge in [-0.1, -0.05) is 0 Å². The highest BCUT2D eigenvalue weighted by Crippen LogP contribution is 2.35. The molecule has 0 radical (unpaired) electrons. The van der Waals surface area contributed by atoms with Crippen molar-refractivity contribution < 1.29 is 29.6 Å². The van der Waals surface area contributed by atoms with Crippen LogP contribution in [0.15, 0.2) is 36.4 Å². The summed E-state index contributed by atoms with van der Waals surface area (Å²) in [7, 11) is 0. The summed E-state index contributed by atoms with van der Waals surface area (Å²) >= 11 is 0. The number of carboxylic acids is 1. The Kier molecular flexibility index (Phi) is 6.71. The van der Waals surface area contributed by atoms with Gasteiger partial charge in [0.25, 0.3) is 22.7 Å². The molecule has 0 spiro atoms. The number of rotatable bonds is 10. The predicted octanol–water partition coefficient (Wildman–Crippen LogP) is 2.67. The lowest BCUT2D eigenvalue weighted by atomic mass is 9.96. The number of nitrogens with one attached hydrogen (secondary N) is 1. The second-order valence-corrected chi connectivity index (χ2v) is 6.09. The standard InChI is InChI=1S/C16H13N5O10/c22-16(23)9(7-10-11(18(24)25)3-1-4-12(10)19(26)27)8-17-15-13(20(28)29)5-2-6-14(15)21(30)31/h1-6,9,17H,7-8H2,(H,22,23). The molecule has 0 heterocycles. The summed E-state index contributed by atoms with van der Waals surface area (Å²) < 4.78 is 0. The highest BCUT2D eigenvalue weighted by atomic mass is 16.6. The Bertz CT molecular complexity index is 1020. The molecular formula is C16H13N5O10. The van der Waals surface area contributed by atoms with E-state index in [0.717, 1.165) is 36.4 Å². The van der Waals surface area contributed by atoms with Crippen molar-refractivity contribution in [2.75, 3.05) is 11.9 Å². The fourth-order valence-electron chi connectivity index (χ4n) is 2.85. The monoisotopic (exact) mass is 435 g/mol. The summed E-state index contributed by atoms with van der Waals surface area (Å²) in [5, 5.41) is 56.7. The number of nitro benzene ring substituents is 4. The summed E-state index contributed by atoms with van der Waals surface area (Å²) in [4.78, 5) is 52.9. The number of benzene rings is 2. The lowest BCUT2D eigenvalue weighted by Gasteiger charge is -2.15. The van der Waals surface area contributed by atoms with E-state index < -0.39 is 78.5 Å². The van der Waals surface area contributed by atoms with Crippen LogP contribution in [-0.4, -0.2) is 37.3 Å². The molecule has 0 amide bonds. The molecule has 0 saturated heterocycles. The van der Waals surface area contributed by atoms with E-state index in [4.69, 9.17) is 0 Å². The second-order valence-electron chi connectivity index (χ2n) is 6.09. The number of hydrogen-bond acceptors (Lipinski definition) is 10. The highest BCUT2D eigenvalue weighted by Gasteiger charge is 2.31. The predicted molar refractivity (Wildman–Crippen MR) is 103 cm³/mol. The Morgan fingerprint density at radius 3 is 1.55 bits per heavy atom. The zero-order valence-electron chi connectivity index (χ0n) is 15.4. The van der Waals surface area contributed by atoms with E-state index in [2.05, 4.69) is 5.32 Å². The summed E-state index contributed by atoms with van der Waals surface area (Å²) in [6, 6.07) is 6.04. The van der Waals surface area contributed by atoms with Crippen molar-refractivity contribution in [3.05, 3.63) is 82.4 Å². The van der Waals surface area contributed by atoms with Gasteiger partial charge in [-0.2, -0.15) is 0 Å². The number of hydrogen-bond donors (Lipinski definition) is 2. The zero-order chi connectivity index (χ0) is 23.3. The molecule has 0 saturated carbocycles. The highest BCUT2D eigenvalue weighted by molar-refractivity contribution is 5.76. The molecule has 0 aromatic heterocycles. The zero-order valence-corrected chi connectivity index (χ0v) is 15.4. The van der Waals surface area contributed by atoms with Crippen molar-refractivity contribution in [1.82, 2.24) is 0 Å². The molecule has 162 valence electrons. The van der Waals surface area contributed by atoms with E-state index in [1.54, 1.807) is 0 Å². The first-order valence-electron chi connectivity index (χ1n) is 8.33. The van der Waals surface area contributed by atoms with Crippen LogP contribution in [0.4, 0.5) is 28.4 Å². The third kappa shape index (κ3) is 5.03. The number of carbonyl (C=O) groups is 1. The fraction of sp³-hybridized carbons (Fsp3) is 0.188. The number of anilines is 1. The Balaban J connectivity index is 2.43. The van der Waals surface area contributed by atoms with Gasteiger partial charge in [0.15, 0.2) is 5.69 Å². The Morgan fingerprint density at radius 1 is 0.806 bits per heavy atom. The number of carboxylic acid groups (broad SMARTS) is 1. The molecular weight excluding hydrogens is 422 g/mol. The number of para-hydroxylation sites is 1. The molecule has 0 aliphatic carbocycles. The normalized spacial score (nSPS) is 11.4. The van der Waals surface area contributed by atoms with Crippen LogP contribution in [-0.2, 0) is 11.2 Å². The Labute approximate surface area is 171 Å². The topological polar surface area (TPSA) is 222 Å². The number of nitro groups is 4. The van der Waals surface area contributed by atoms with E-state index >= 15 is 0 Å². The Hall–Kier alpha value is -4.69. The van der Waals surface area contributed by atoms with Gasteiger partial charge in [-0.15, -0.1) is 0 Å². The maximum absolute atomic E-state index is 11.7. The number of nitrogens with zero attached hydrogens (tertiary/aromatic N) is 4. The van der Waals surface area contributed by atoms with Gasteiger partial charge in [0.05, 0.1) is 25.6 Å². The van der Waals surface area contributed by atoms with Gasteiger partial charge in [-0.05, 0) is 12.1 Å². The van der Waals surface area contributed by atoms with Gasteiger partial charge in [0.2, 0.25) is 0 Å². The third-order valence-electron chi connectivity index (χ3n) is 4.26. The van der Waals surface area contributed by atoms with Gasteiger partial charge in [-0.25, -0.2) is 0 Å². The lowest BCUT2D eigenvalue weighted by molar-refractivity contribution is -0.395. The van der Waals surface area contributed by atoms with Crippen molar-refractivity contribution >= 4 is 34.4 Å². The molecule has 0 bridgehead atoms. The molecule has 0 aliphatic heterocycles. The van der Waals surface area contributed by atoms with Gasteiger partial charge in [0, 0.05) is 37.2 Å². The van der Waals surface area contributed by atoms with Crippen molar-refractivity contribution in [1.29, 1.82) is 0 Å². The molecule has 2 aromatic carbocycles. The Morgan fingerprint density at radius 2 is 1.19 bits per heavy atom. The molecule has 2 aromatic rings. The largest absolute Gasteiger partial charge is 0.481 e. The number of aliphatic carboxylic acids is 1. The van der Waals surface area contributed by atoms with Crippen LogP contribution in [0.2, 0.25) is 0 Å². The van der Waals surface area contributed by atoms with E-state index in [1.165, 1.54) is 0 Å². The smallest absolute Gasteiger partial charge is 0.308 e. The minimum absolute atomic E-state index is 0.455. The van der Waals surface area contributed by atoms with Crippen molar-refractivity contribution in [3.8, 4) is 0 Å². The van der Waals surface area contributed by atoms with Gasteiger partial charge in [-0.3, -0.25) is 45.3 Å². The fourth-order valence-corrected chi connectivity index (χ4v) is 2.85. The third-order valence-corrected chi connectivity index (χ3v) is 4.26. The molecule has 15 nitrogen and oxygen atoms in total. The molecule has 0 aliphatic rings. The summed E-state index contributed by atoms with van der Waals surface area (Å²) in [5.41, 5.74) is -3.72. The SMILES string of the molecule is O=C(O)C(CNc1c([N+](=O)[O-])cccc1[N+](=O)[O-])Cc1c([N+](=O)[O-])cccc1[N+](=O)[O-]. The van der Waals surface area contributed by atoms with Gasteiger partial charge >= 0.3 is 5.97 Å². The van der Waals surface area contributed by atoms with Crippen molar-refractivity contribution in [2.24, 2.45) is 5.92 Å². The molecule has 15 heteroatoms. The van der Waals surface area contributed by atoms with E-state index in [9.17, 15) is 50.4 Å². The quantitative estimate of drug-likeness (QED) is 0.407. The first kappa shape index (κ1) is 22.6. The molecule has 2 rings (SSSR count). The minimum Gasteiger partial charge on any atom is -0.481 e. The summed E-state index contributed by atoms with van der Waals surface area (Å²) in [6.07, 6.45) is -0.676. The summed E-state index contributed by atoms with van der Waals surface area (Å²) in [6.45, 7) is -0.635. The van der Waals surface area contributed by atoms with Crippen LogP contribution >= 0.6 is 0 Å². The van der Waals surface area contributed by atoms with Crippen LogP contribution in [0, 0.1) is 46.4 Å². The van der Waals surface area contributed by atoms with Crippen molar-refractivity contribution in [2.45, 2.75) is 6.42 Å². The van der Waals surface area contributed by atoms with Crippen LogP contribution in [0.3, 0.4) is 0 Å². The summed E-state index contributed by atoms with van der Waals surface area (Å²) in [5.74, 6) is -3.07. The van der Waals surface area contributed by atoms with Gasteiger partial charge < -0.3 is 10.4 Å².